The summed E-state index contributed by atoms with van der Waals surface area (Å²) in [5, 5.41) is 1.82. The average molecular weight is 436 g/mol. The van der Waals surface area contributed by atoms with Crippen LogP contribution in [-0.4, -0.2) is 27.3 Å². The monoisotopic (exact) mass is 435 g/mol. The third-order valence-corrected chi connectivity index (χ3v) is 8.14. The van der Waals surface area contributed by atoms with Crippen LogP contribution in [0, 0.1) is 0 Å². The molecule has 1 fully saturated rings. The van der Waals surface area contributed by atoms with Crippen LogP contribution >= 0.6 is 11.3 Å². The van der Waals surface area contributed by atoms with E-state index in [1.54, 1.807) is 11.3 Å². The van der Waals surface area contributed by atoms with E-state index in [9.17, 15) is 9.59 Å². The Labute approximate surface area is 183 Å². The predicted octanol–water partition coefficient (Wildman–Crippen LogP) is 4.01. The highest BCUT2D eigenvalue weighted by atomic mass is 32.1. The van der Waals surface area contributed by atoms with Crippen LogP contribution in [0.3, 0.4) is 0 Å². The van der Waals surface area contributed by atoms with E-state index < -0.39 is 0 Å². The number of hydrogen-bond acceptors (Lipinski definition) is 4. The number of aryl methyl sites for hydroxylation is 3. The first-order valence-corrected chi connectivity index (χ1v) is 11.9. The van der Waals surface area contributed by atoms with Crippen LogP contribution in [0.25, 0.3) is 26.8 Å². The molecule has 2 aliphatic rings. The lowest BCUT2D eigenvalue weighted by atomic mass is 9.91. The Morgan fingerprint density at radius 3 is 2.77 bits per heavy atom. The lowest BCUT2D eigenvalue weighted by molar-refractivity contribution is 0.0856. The fourth-order valence-corrected chi connectivity index (χ4v) is 6.63. The van der Waals surface area contributed by atoms with Crippen molar-refractivity contribution in [1.29, 1.82) is 0 Å². The largest absolute Gasteiger partial charge is 0.381 e. The smallest absolute Gasteiger partial charge is 0.334 e. The second-order valence-electron chi connectivity index (χ2n) is 8.77. The molecule has 0 saturated carbocycles. The van der Waals surface area contributed by atoms with Gasteiger partial charge in [-0.25, -0.2) is 9.36 Å². The number of nitrogens with one attached hydrogen (secondary N) is 1. The van der Waals surface area contributed by atoms with Crippen molar-refractivity contribution in [2.75, 3.05) is 13.2 Å². The maximum absolute atomic E-state index is 13.5. The summed E-state index contributed by atoms with van der Waals surface area (Å²) in [6.45, 7) is 1.56. The zero-order valence-corrected chi connectivity index (χ0v) is 18.4. The first kappa shape index (κ1) is 19.1. The summed E-state index contributed by atoms with van der Waals surface area (Å²) in [7, 11) is 2.05. The minimum absolute atomic E-state index is 0.193. The molecule has 3 aromatic heterocycles. The van der Waals surface area contributed by atoms with Gasteiger partial charge in [-0.2, -0.15) is 0 Å². The third kappa shape index (κ3) is 2.94. The maximum atomic E-state index is 13.5. The molecule has 6 nitrogen and oxygen atoms in total. The minimum atomic E-state index is -0.362. The number of thiophene rings is 1. The van der Waals surface area contributed by atoms with Gasteiger partial charge >= 0.3 is 5.69 Å². The number of hydrogen-bond donors (Lipinski definition) is 1. The number of rotatable bonds is 2. The van der Waals surface area contributed by atoms with Crippen molar-refractivity contribution in [2.24, 2.45) is 7.05 Å². The number of aromatic nitrogens is 3. The van der Waals surface area contributed by atoms with Crippen LogP contribution in [0.4, 0.5) is 0 Å². The van der Waals surface area contributed by atoms with Gasteiger partial charge in [0.1, 0.15) is 4.83 Å². The molecule has 0 bridgehead atoms. The molecular formula is C24H25N3O3S. The van der Waals surface area contributed by atoms with Crippen LogP contribution in [0.5, 0.6) is 0 Å². The fraction of sp³-hybridized carbons (Fsp3) is 0.417. The number of benzene rings is 1. The average Bonchev–Trinajstić information content (AvgIpc) is 3.31. The zero-order valence-electron chi connectivity index (χ0n) is 17.6. The van der Waals surface area contributed by atoms with Crippen LogP contribution in [0.1, 0.15) is 47.6 Å². The number of aromatic amines is 1. The SMILES string of the molecule is Cn1cc(C2CCOCC2)c2cc(-n3c(=O)[nH]c4sc5c(c4c3=O)CCCC5)ccc21. The minimum Gasteiger partial charge on any atom is -0.381 e. The molecule has 0 amide bonds. The summed E-state index contributed by atoms with van der Waals surface area (Å²) in [5.74, 6) is 0.439. The van der Waals surface area contributed by atoms with Gasteiger partial charge in [0.15, 0.2) is 0 Å². The van der Waals surface area contributed by atoms with Gasteiger partial charge in [0.25, 0.3) is 5.56 Å². The highest BCUT2D eigenvalue weighted by molar-refractivity contribution is 7.18. The Morgan fingerprint density at radius 2 is 1.94 bits per heavy atom. The number of ether oxygens (including phenoxy) is 1. The summed E-state index contributed by atoms with van der Waals surface area (Å²) >= 11 is 1.58. The van der Waals surface area contributed by atoms with Crippen molar-refractivity contribution in [1.82, 2.24) is 14.1 Å². The standard InChI is InChI=1S/C24H25N3O3S/c1-26-13-18(14-8-10-30-11-9-14)17-12-15(6-7-19(17)26)27-23(28)21-16-4-2-3-5-20(16)31-22(21)25-24(27)29/h6-7,12-14H,2-5,8-11H2,1H3,(H,25,29). The van der Waals surface area contributed by atoms with Crippen molar-refractivity contribution in [3.8, 4) is 5.69 Å². The van der Waals surface area contributed by atoms with Gasteiger partial charge in [-0.15, -0.1) is 11.3 Å². The summed E-state index contributed by atoms with van der Waals surface area (Å²) in [6.07, 6.45) is 8.35. The second kappa shape index (κ2) is 7.21. The van der Waals surface area contributed by atoms with Crippen molar-refractivity contribution in [2.45, 2.75) is 44.4 Å². The lowest BCUT2D eigenvalue weighted by Gasteiger charge is -2.21. The maximum Gasteiger partial charge on any atom is 0.334 e. The first-order chi connectivity index (χ1) is 15.1. The van der Waals surface area contributed by atoms with Crippen molar-refractivity contribution < 1.29 is 4.74 Å². The topological polar surface area (TPSA) is 69.0 Å². The zero-order chi connectivity index (χ0) is 21.1. The molecule has 1 saturated heterocycles. The van der Waals surface area contributed by atoms with E-state index in [-0.39, 0.29) is 11.2 Å². The molecule has 0 spiro atoms. The summed E-state index contributed by atoms with van der Waals surface area (Å²) in [4.78, 5) is 31.5. The highest BCUT2D eigenvalue weighted by Gasteiger charge is 2.23. The summed E-state index contributed by atoms with van der Waals surface area (Å²) in [6, 6.07) is 5.92. The number of fused-ring (bicyclic) bond motifs is 4. The van der Waals surface area contributed by atoms with E-state index in [4.69, 9.17) is 4.74 Å². The van der Waals surface area contributed by atoms with E-state index in [2.05, 4.69) is 15.7 Å². The van der Waals surface area contributed by atoms with E-state index in [0.717, 1.165) is 73.0 Å². The van der Waals surface area contributed by atoms with E-state index >= 15 is 0 Å². The van der Waals surface area contributed by atoms with Gasteiger partial charge in [-0.05, 0) is 73.8 Å². The van der Waals surface area contributed by atoms with E-state index in [0.29, 0.717) is 17.0 Å². The second-order valence-corrected chi connectivity index (χ2v) is 9.87. The molecular weight excluding hydrogens is 410 g/mol. The number of nitrogens with zero attached hydrogens (tertiary/aromatic N) is 2. The Balaban J connectivity index is 1.56. The molecule has 0 radical (unpaired) electrons. The van der Waals surface area contributed by atoms with Crippen LogP contribution in [0.15, 0.2) is 34.0 Å². The van der Waals surface area contributed by atoms with Gasteiger partial charge in [-0.3, -0.25) is 9.78 Å². The molecule has 1 aliphatic carbocycles. The highest BCUT2D eigenvalue weighted by Crippen LogP contribution is 2.35. The molecule has 1 N–H and O–H groups in total. The van der Waals surface area contributed by atoms with Crippen LogP contribution in [-0.2, 0) is 24.6 Å². The molecule has 1 aromatic carbocycles. The normalized spacial score (nSPS) is 17.5. The molecule has 0 atom stereocenters. The van der Waals surface area contributed by atoms with Crippen molar-refractivity contribution >= 4 is 32.5 Å². The third-order valence-electron chi connectivity index (χ3n) is 6.94. The van der Waals surface area contributed by atoms with Crippen LogP contribution < -0.4 is 11.2 Å². The molecule has 4 heterocycles. The van der Waals surface area contributed by atoms with E-state index in [1.165, 1.54) is 15.0 Å². The summed E-state index contributed by atoms with van der Waals surface area (Å²) in [5.41, 5.74) is 3.62. The van der Waals surface area contributed by atoms with Gasteiger partial charge < -0.3 is 9.30 Å². The molecule has 160 valence electrons. The Kier molecular flexibility index (Phi) is 4.43. The molecule has 4 aromatic rings. The Bertz CT molecular complexity index is 1430. The van der Waals surface area contributed by atoms with Crippen molar-refractivity contribution in [3.05, 3.63) is 61.2 Å². The van der Waals surface area contributed by atoms with Gasteiger partial charge in [0.05, 0.1) is 11.1 Å². The first-order valence-electron chi connectivity index (χ1n) is 11.1. The number of H-pyrrole nitrogens is 1. The predicted molar refractivity (Wildman–Crippen MR) is 124 cm³/mol. The van der Waals surface area contributed by atoms with Gasteiger partial charge in [0.2, 0.25) is 0 Å². The molecule has 1 aliphatic heterocycles. The van der Waals surface area contributed by atoms with E-state index in [1.807, 2.05) is 25.2 Å². The molecule has 6 rings (SSSR count). The van der Waals surface area contributed by atoms with Crippen LogP contribution in [0.2, 0.25) is 0 Å². The fourth-order valence-electron chi connectivity index (χ4n) is 5.36. The van der Waals surface area contributed by atoms with Crippen molar-refractivity contribution in [3.63, 3.8) is 0 Å². The van der Waals surface area contributed by atoms with Gasteiger partial charge in [0, 0.05) is 42.2 Å². The molecule has 0 unspecified atom stereocenters. The molecule has 31 heavy (non-hydrogen) atoms. The van der Waals surface area contributed by atoms with Gasteiger partial charge in [-0.1, -0.05) is 0 Å². The Hall–Kier alpha value is -2.64. The summed E-state index contributed by atoms with van der Waals surface area (Å²) < 4.78 is 9.00. The quantitative estimate of drug-likeness (QED) is 0.517. The molecule has 7 heteroatoms. The Morgan fingerprint density at radius 1 is 1.13 bits per heavy atom. The lowest BCUT2D eigenvalue weighted by Crippen LogP contribution is -2.33.